The van der Waals surface area contributed by atoms with Gasteiger partial charge in [-0.15, -0.1) is 0 Å². The van der Waals surface area contributed by atoms with E-state index in [1.807, 2.05) is 0 Å². The maximum absolute atomic E-state index is 13.4. The molecule has 2 rings (SSSR count). The first-order valence-corrected chi connectivity index (χ1v) is 5.47. The molecule has 1 aliphatic heterocycles. The second kappa shape index (κ2) is 4.71. The van der Waals surface area contributed by atoms with Gasteiger partial charge in [-0.05, 0) is 12.1 Å². The summed E-state index contributed by atoms with van der Waals surface area (Å²) in [6.07, 6.45) is 0.123. The van der Waals surface area contributed by atoms with E-state index in [2.05, 4.69) is 10.6 Å². The fraction of sp³-hybridized carbons (Fsp3) is 0.273. The van der Waals surface area contributed by atoms with E-state index in [0.717, 1.165) is 0 Å². The van der Waals surface area contributed by atoms with Crippen LogP contribution in [0.1, 0.15) is 6.42 Å². The molecule has 6 heteroatoms. The molecule has 90 valence electrons. The summed E-state index contributed by atoms with van der Waals surface area (Å²) in [6.45, 7) is 0.275. The van der Waals surface area contributed by atoms with Gasteiger partial charge < -0.3 is 10.6 Å². The third-order valence-electron chi connectivity index (χ3n) is 2.56. The highest BCUT2D eigenvalue weighted by atomic mass is 35.5. The maximum atomic E-state index is 13.4. The highest BCUT2D eigenvalue weighted by Crippen LogP contribution is 2.25. The number of halogens is 2. The van der Waals surface area contributed by atoms with Gasteiger partial charge in [0.25, 0.3) is 0 Å². The predicted octanol–water partition coefficient (Wildman–Crippen LogP) is 1.55. The van der Waals surface area contributed by atoms with Crippen molar-refractivity contribution in [3.05, 3.63) is 29.0 Å². The topological polar surface area (TPSA) is 58.2 Å². The van der Waals surface area contributed by atoms with Gasteiger partial charge in [0.2, 0.25) is 11.8 Å². The number of benzene rings is 1. The zero-order valence-corrected chi connectivity index (χ0v) is 9.55. The van der Waals surface area contributed by atoms with Gasteiger partial charge in [0.15, 0.2) is 0 Å². The lowest BCUT2D eigenvalue weighted by molar-refractivity contribution is -0.123. The Morgan fingerprint density at radius 3 is 2.88 bits per heavy atom. The average molecular weight is 257 g/mol. The molecule has 1 aromatic rings. The van der Waals surface area contributed by atoms with Gasteiger partial charge in [0.1, 0.15) is 5.82 Å². The molecule has 0 aromatic heterocycles. The standard InChI is InChI=1S/C11H10ClFN2O2/c12-7-2-1-3-8(13)10(7)15-11(17)6-4-9(16)14-5-6/h1-3,6H,4-5H2,(H,14,16)(H,15,17). The number of rotatable bonds is 2. The summed E-state index contributed by atoms with van der Waals surface area (Å²) in [7, 11) is 0. The highest BCUT2D eigenvalue weighted by molar-refractivity contribution is 6.33. The van der Waals surface area contributed by atoms with Crippen LogP contribution < -0.4 is 10.6 Å². The quantitative estimate of drug-likeness (QED) is 0.844. The lowest BCUT2D eigenvalue weighted by atomic mass is 10.1. The summed E-state index contributed by atoms with van der Waals surface area (Å²) in [5.74, 6) is -1.65. The summed E-state index contributed by atoms with van der Waals surface area (Å²) < 4.78 is 13.4. The van der Waals surface area contributed by atoms with Crippen LogP contribution in [0.25, 0.3) is 0 Å². The van der Waals surface area contributed by atoms with Crippen molar-refractivity contribution in [2.24, 2.45) is 5.92 Å². The molecule has 1 aromatic carbocycles. The van der Waals surface area contributed by atoms with Crippen molar-refractivity contribution in [2.45, 2.75) is 6.42 Å². The zero-order chi connectivity index (χ0) is 12.4. The first kappa shape index (κ1) is 11.9. The minimum Gasteiger partial charge on any atom is -0.355 e. The second-order valence-electron chi connectivity index (χ2n) is 3.79. The van der Waals surface area contributed by atoms with Gasteiger partial charge in [-0.25, -0.2) is 4.39 Å². The van der Waals surface area contributed by atoms with Gasteiger partial charge in [0, 0.05) is 13.0 Å². The van der Waals surface area contributed by atoms with E-state index in [0.29, 0.717) is 0 Å². The molecule has 0 spiro atoms. The van der Waals surface area contributed by atoms with E-state index in [9.17, 15) is 14.0 Å². The first-order chi connectivity index (χ1) is 8.08. The maximum Gasteiger partial charge on any atom is 0.229 e. The lowest BCUT2D eigenvalue weighted by Crippen LogP contribution is -2.25. The van der Waals surface area contributed by atoms with Crippen LogP contribution >= 0.6 is 11.6 Å². The molecule has 1 fully saturated rings. The SMILES string of the molecule is O=C1CC(C(=O)Nc2c(F)cccc2Cl)CN1. The van der Waals surface area contributed by atoms with Crippen LogP contribution in [0.2, 0.25) is 5.02 Å². The molecule has 1 saturated heterocycles. The third-order valence-corrected chi connectivity index (χ3v) is 2.87. The molecule has 2 amide bonds. The fourth-order valence-electron chi connectivity index (χ4n) is 1.63. The molecule has 4 nitrogen and oxygen atoms in total. The minimum absolute atomic E-state index is 0.0430. The highest BCUT2D eigenvalue weighted by Gasteiger charge is 2.28. The van der Waals surface area contributed by atoms with Gasteiger partial charge in [0.05, 0.1) is 16.6 Å². The second-order valence-corrected chi connectivity index (χ2v) is 4.20. The van der Waals surface area contributed by atoms with Crippen LogP contribution in [0.15, 0.2) is 18.2 Å². The fourth-order valence-corrected chi connectivity index (χ4v) is 1.84. The summed E-state index contributed by atoms with van der Waals surface area (Å²) in [5.41, 5.74) is -0.0430. The molecule has 0 saturated carbocycles. The smallest absolute Gasteiger partial charge is 0.229 e. The zero-order valence-electron chi connectivity index (χ0n) is 8.80. The number of hydrogen-bond acceptors (Lipinski definition) is 2. The van der Waals surface area contributed by atoms with Gasteiger partial charge in [-0.2, -0.15) is 0 Å². The Morgan fingerprint density at radius 1 is 1.53 bits per heavy atom. The van der Waals surface area contributed by atoms with Crippen LogP contribution in [0.3, 0.4) is 0 Å². The molecule has 1 aliphatic rings. The van der Waals surface area contributed by atoms with Gasteiger partial charge in [-0.3, -0.25) is 9.59 Å². The summed E-state index contributed by atoms with van der Waals surface area (Å²) in [4.78, 5) is 22.7. The van der Waals surface area contributed by atoms with E-state index in [1.165, 1.54) is 18.2 Å². The third kappa shape index (κ3) is 2.55. The number of carbonyl (C=O) groups is 2. The normalized spacial score (nSPS) is 18.9. The van der Waals surface area contributed by atoms with E-state index >= 15 is 0 Å². The molecule has 2 N–H and O–H groups in total. The average Bonchev–Trinajstić information content (AvgIpc) is 2.70. The number of anilines is 1. The van der Waals surface area contributed by atoms with Gasteiger partial charge in [-0.1, -0.05) is 17.7 Å². The Bertz CT molecular complexity index is 458. The van der Waals surface area contributed by atoms with Crippen LogP contribution in [0, 0.1) is 11.7 Å². The van der Waals surface area contributed by atoms with Crippen molar-refractivity contribution in [1.82, 2.24) is 5.32 Å². The van der Waals surface area contributed by atoms with Crippen molar-refractivity contribution in [3.8, 4) is 0 Å². The Balaban J connectivity index is 2.11. The molecule has 1 atom stereocenters. The lowest BCUT2D eigenvalue weighted by Gasteiger charge is -2.11. The van der Waals surface area contributed by atoms with Crippen molar-refractivity contribution < 1.29 is 14.0 Å². The predicted molar refractivity (Wildman–Crippen MR) is 61.2 cm³/mol. The van der Waals surface area contributed by atoms with Crippen molar-refractivity contribution in [2.75, 3.05) is 11.9 Å². The number of carbonyl (C=O) groups excluding carboxylic acids is 2. The minimum atomic E-state index is -0.594. The number of nitrogens with one attached hydrogen (secondary N) is 2. The van der Waals surface area contributed by atoms with E-state index in [-0.39, 0.29) is 29.6 Å². The Hall–Kier alpha value is -1.62. The first-order valence-electron chi connectivity index (χ1n) is 5.09. The molecular weight excluding hydrogens is 247 g/mol. The molecule has 17 heavy (non-hydrogen) atoms. The van der Waals surface area contributed by atoms with Crippen molar-refractivity contribution in [3.63, 3.8) is 0 Å². The number of amides is 2. The summed E-state index contributed by atoms with van der Waals surface area (Å²) in [6, 6.07) is 4.14. The number of hydrogen-bond donors (Lipinski definition) is 2. The Morgan fingerprint density at radius 2 is 2.29 bits per heavy atom. The molecule has 1 unspecified atom stereocenters. The van der Waals surface area contributed by atoms with Gasteiger partial charge >= 0.3 is 0 Å². The van der Waals surface area contributed by atoms with Crippen molar-refractivity contribution in [1.29, 1.82) is 0 Å². The van der Waals surface area contributed by atoms with E-state index in [1.54, 1.807) is 0 Å². The monoisotopic (exact) mass is 256 g/mol. The van der Waals surface area contributed by atoms with E-state index < -0.39 is 17.6 Å². The summed E-state index contributed by atoms with van der Waals surface area (Å²) >= 11 is 5.77. The Kier molecular flexibility index (Phi) is 3.28. The van der Waals surface area contributed by atoms with E-state index in [4.69, 9.17) is 11.6 Å². The summed E-state index contributed by atoms with van der Waals surface area (Å²) in [5, 5.41) is 5.08. The Labute approximate surface area is 102 Å². The molecule has 1 heterocycles. The molecule has 0 bridgehead atoms. The number of para-hydroxylation sites is 1. The molecule has 0 radical (unpaired) electrons. The van der Waals surface area contributed by atoms with Crippen LogP contribution in [0.4, 0.5) is 10.1 Å². The molecular formula is C11H10ClFN2O2. The van der Waals surface area contributed by atoms with Crippen LogP contribution in [0.5, 0.6) is 0 Å². The van der Waals surface area contributed by atoms with Crippen LogP contribution in [-0.4, -0.2) is 18.4 Å². The largest absolute Gasteiger partial charge is 0.355 e. The van der Waals surface area contributed by atoms with Crippen LogP contribution in [-0.2, 0) is 9.59 Å². The van der Waals surface area contributed by atoms with Crippen molar-refractivity contribution >= 4 is 29.1 Å². The molecule has 0 aliphatic carbocycles.